The van der Waals surface area contributed by atoms with Crippen molar-refractivity contribution in [1.82, 2.24) is 5.32 Å². The third-order valence-electron chi connectivity index (χ3n) is 4.25. The molecule has 0 spiro atoms. The van der Waals surface area contributed by atoms with Crippen molar-refractivity contribution in [2.75, 3.05) is 6.54 Å². The fourth-order valence-corrected chi connectivity index (χ4v) is 2.63. The molecule has 1 atom stereocenters. The summed E-state index contributed by atoms with van der Waals surface area (Å²) in [5.41, 5.74) is 6.73. The largest absolute Gasteiger partial charge is 0.307 e. The van der Waals surface area contributed by atoms with Gasteiger partial charge in [-0.15, -0.1) is 0 Å². The van der Waals surface area contributed by atoms with Crippen molar-refractivity contribution >= 4 is 24.3 Å². The minimum atomic E-state index is 0.578. The first kappa shape index (κ1) is 17.0. The summed E-state index contributed by atoms with van der Waals surface area (Å²) in [6.07, 6.45) is 8.36. The highest BCUT2D eigenvalue weighted by Gasteiger charge is 2.21. The van der Waals surface area contributed by atoms with E-state index < -0.39 is 0 Å². The van der Waals surface area contributed by atoms with E-state index in [2.05, 4.69) is 72.9 Å². The molecular weight excluding hydrogens is 304 g/mol. The van der Waals surface area contributed by atoms with Crippen LogP contribution < -0.4 is 5.32 Å². The van der Waals surface area contributed by atoms with Gasteiger partial charge in [0.05, 0.1) is 6.07 Å². The Morgan fingerprint density at radius 3 is 1.76 bits per heavy atom. The quantitative estimate of drug-likeness (QED) is 0.468. The van der Waals surface area contributed by atoms with Crippen LogP contribution in [-0.2, 0) is 0 Å². The summed E-state index contributed by atoms with van der Waals surface area (Å²) in [6, 6.07) is 19.5. The van der Waals surface area contributed by atoms with E-state index in [4.69, 9.17) is 5.26 Å². The Balaban J connectivity index is 1.65. The highest BCUT2D eigenvalue weighted by molar-refractivity contribution is 5.71. The van der Waals surface area contributed by atoms with E-state index in [1.807, 2.05) is 25.1 Å². The molecular formula is C23H22N2. The zero-order valence-corrected chi connectivity index (χ0v) is 14.7. The van der Waals surface area contributed by atoms with Crippen LogP contribution in [0, 0.1) is 11.3 Å². The van der Waals surface area contributed by atoms with Crippen LogP contribution in [0.4, 0.5) is 0 Å². The molecule has 1 N–H and O–H groups in total. The molecule has 1 saturated heterocycles. The summed E-state index contributed by atoms with van der Waals surface area (Å²) in [4.78, 5) is 0. The van der Waals surface area contributed by atoms with Gasteiger partial charge < -0.3 is 5.32 Å². The first-order chi connectivity index (χ1) is 12.1. The number of hydrogen-bond donors (Lipinski definition) is 1. The van der Waals surface area contributed by atoms with E-state index in [1.54, 1.807) is 0 Å². The maximum atomic E-state index is 8.82. The third kappa shape index (κ3) is 5.04. The molecule has 0 saturated carbocycles. The molecule has 1 aliphatic heterocycles. The van der Waals surface area contributed by atoms with Crippen LogP contribution in [-0.4, -0.2) is 12.6 Å². The minimum Gasteiger partial charge on any atom is -0.307 e. The lowest BCUT2D eigenvalue weighted by Gasteiger charge is -2.00. The molecule has 0 amide bonds. The number of rotatable bonds is 5. The molecule has 0 bridgehead atoms. The van der Waals surface area contributed by atoms with E-state index in [0.29, 0.717) is 11.6 Å². The van der Waals surface area contributed by atoms with Crippen LogP contribution in [0.2, 0.25) is 0 Å². The molecule has 2 aromatic rings. The minimum absolute atomic E-state index is 0.578. The standard InChI is InChI=1S/C23H22N2/c1-17(15-24)13-21-9-5-19(6-10-21)3-4-20-7-11-22(12-8-20)14-18(2)23-16-25-23/h3-14,23,25H,16H2,1-2H3/b4-3+,17-13-,18-14-. The van der Waals surface area contributed by atoms with Crippen molar-refractivity contribution in [1.29, 1.82) is 5.26 Å². The summed E-state index contributed by atoms with van der Waals surface area (Å²) in [5.74, 6) is 0. The molecule has 0 radical (unpaired) electrons. The van der Waals surface area contributed by atoms with Crippen molar-refractivity contribution < 1.29 is 0 Å². The molecule has 1 aliphatic rings. The van der Waals surface area contributed by atoms with Crippen molar-refractivity contribution in [2.24, 2.45) is 0 Å². The van der Waals surface area contributed by atoms with Gasteiger partial charge in [-0.1, -0.05) is 72.3 Å². The molecule has 3 rings (SSSR count). The van der Waals surface area contributed by atoms with Crippen LogP contribution in [0.15, 0.2) is 59.7 Å². The van der Waals surface area contributed by atoms with Gasteiger partial charge in [-0.25, -0.2) is 0 Å². The van der Waals surface area contributed by atoms with E-state index in [0.717, 1.165) is 17.7 Å². The molecule has 1 fully saturated rings. The second-order valence-corrected chi connectivity index (χ2v) is 6.46. The van der Waals surface area contributed by atoms with Crippen molar-refractivity contribution in [3.63, 3.8) is 0 Å². The molecule has 25 heavy (non-hydrogen) atoms. The Morgan fingerprint density at radius 2 is 1.32 bits per heavy atom. The summed E-state index contributed by atoms with van der Waals surface area (Å²) in [5, 5.41) is 12.1. The Labute approximate surface area is 149 Å². The maximum Gasteiger partial charge on any atom is 0.0944 e. The van der Waals surface area contributed by atoms with Gasteiger partial charge in [0.2, 0.25) is 0 Å². The number of benzene rings is 2. The highest BCUT2D eigenvalue weighted by atomic mass is 15.1. The van der Waals surface area contributed by atoms with Crippen LogP contribution in [0.5, 0.6) is 0 Å². The molecule has 124 valence electrons. The van der Waals surface area contributed by atoms with E-state index in [-0.39, 0.29) is 0 Å². The number of nitriles is 1. The Hall–Kier alpha value is -2.89. The lowest BCUT2D eigenvalue weighted by Crippen LogP contribution is -1.91. The Bertz CT molecular complexity index is 856. The molecule has 2 aromatic carbocycles. The van der Waals surface area contributed by atoms with Gasteiger partial charge in [-0.05, 0) is 42.2 Å². The second kappa shape index (κ2) is 7.79. The molecule has 2 heteroatoms. The van der Waals surface area contributed by atoms with Crippen LogP contribution in [0.3, 0.4) is 0 Å². The molecule has 0 aliphatic carbocycles. The van der Waals surface area contributed by atoms with Crippen LogP contribution in [0.1, 0.15) is 36.1 Å². The molecule has 1 heterocycles. The predicted molar refractivity (Wildman–Crippen MR) is 107 cm³/mol. The van der Waals surface area contributed by atoms with E-state index in [1.165, 1.54) is 16.7 Å². The van der Waals surface area contributed by atoms with Gasteiger partial charge in [0.25, 0.3) is 0 Å². The van der Waals surface area contributed by atoms with Gasteiger partial charge in [0.1, 0.15) is 0 Å². The molecule has 0 aromatic heterocycles. The summed E-state index contributed by atoms with van der Waals surface area (Å²) in [6.45, 7) is 5.10. The predicted octanol–water partition coefficient (Wildman–Crippen LogP) is 5.16. The lowest BCUT2D eigenvalue weighted by molar-refractivity contribution is 1.11. The van der Waals surface area contributed by atoms with Crippen molar-refractivity contribution in [3.8, 4) is 6.07 Å². The van der Waals surface area contributed by atoms with Gasteiger partial charge in [0, 0.05) is 18.2 Å². The first-order valence-corrected chi connectivity index (χ1v) is 8.52. The van der Waals surface area contributed by atoms with E-state index in [9.17, 15) is 0 Å². The molecule has 2 nitrogen and oxygen atoms in total. The normalized spacial score (nSPS) is 17.6. The smallest absolute Gasteiger partial charge is 0.0944 e. The fraction of sp³-hybridized carbons (Fsp3) is 0.174. The maximum absolute atomic E-state index is 8.82. The monoisotopic (exact) mass is 326 g/mol. The Kier molecular flexibility index (Phi) is 5.28. The van der Waals surface area contributed by atoms with Crippen molar-refractivity contribution in [2.45, 2.75) is 19.9 Å². The second-order valence-electron chi connectivity index (χ2n) is 6.46. The summed E-state index contributed by atoms with van der Waals surface area (Å²) in [7, 11) is 0. The van der Waals surface area contributed by atoms with Gasteiger partial charge in [-0.3, -0.25) is 0 Å². The lowest BCUT2D eigenvalue weighted by atomic mass is 10.1. The SMILES string of the molecule is C/C(C#N)=C/c1ccc(/C=C/c2ccc(/C=C(/C)C3CN3)cc2)cc1. The van der Waals surface area contributed by atoms with Gasteiger partial charge in [0.15, 0.2) is 0 Å². The first-order valence-electron chi connectivity index (χ1n) is 8.52. The third-order valence-corrected chi connectivity index (χ3v) is 4.25. The Morgan fingerprint density at radius 1 is 0.880 bits per heavy atom. The number of allylic oxidation sites excluding steroid dienone is 1. The number of nitrogens with zero attached hydrogens (tertiary/aromatic N) is 1. The zero-order valence-electron chi connectivity index (χ0n) is 14.7. The average molecular weight is 326 g/mol. The summed E-state index contributed by atoms with van der Waals surface area (Å²) >= 11 is 0. The number of nitrogens with one attached hydrogen (secondary N) is 1. The topological polar surface area (TPSA) is 45.7 Å². The van der Waals surface area contributed by atoms with Gasteiger partial charge >= 0.3 is 0 Å². The zero-order chi connectivity index (χ0) is 17.6. The average Bonchev–Trinajstić information content (AvgIpc) is 3.47. The van der Waals surface area contributed by atoms with E-state index >= 15 is 0 Å². The number of hydrogen-bond acceptors (Lipinski definition) is 2. The summed E-state index contributed by atoms with van der Waals surface area (Å²) < 4.78 is 0. The van der Waals surface area contributed by atoms with Crippen molar-refractivity contribution in [3.05, 3.63) is 81.9 Å². The molecule has 1 unspecified atom stereocenters. The van der Waals surface area contributed by atoms with Gasteiger partial charge in [-0.2, -0.15) is 5.26 Å². The highest BCUT2D eigenvalue weighted by Crippen LogP contribution is 2.17. The van der Waals surface area contributed by atoms with Crippen LogP contribution in [0.25, 0.3) is 24.3 Å². The fourth-order valence-electron chi connectivity index (χ4n) is 2.63. The van der Waals surface area contributed by atoms with Crippen LogP contribution >= 0.6 is 0 Å².